The molecule has 2 heterocycles. The lowest BCUT2D eigenvalue weighted by atomic mass is 10.2. The first-order valence-corrected chi connectivity index (χ1v) is 7.11. The van der Waals surface area contributed by atoms with Gasteiger partial charge in [-0.15, -0.1) is 0 Å². The fourth-order valence-corrected chi connectivity index (χ4v) is 2.74. The van der Waals surface area contributed by atoms with Crippen molar-refractivity contribution in [3.05, 3.63) is 53.3 Å². The van der Waals surface area contributed by atoms with Crippen LogP contribution in [0.2, 0.25) is 0 Å². The lowest BCUT2D eigenvalue weighted by Gasteiger charge is -2.11. The number of hydrogen-bond donors (Lipinski definition) is 0. The molecule has 0 N–H and O–H groups in total. The van der Waals surface area contributed by atoms with Crippen LogP contribution in [0.15, 0.2) is 36.4 Å². The van der Waals surface area contributed by atoms with Gasteiger partial charge in [0.05, 0.1) is 12.2 Å². The Bertz CT molecular complexity index is 524. The molecule has 1 aromatic heterocycles. The number of aromatic nitrogens is 2. The third-order valence-corrected chi connectivity index (χ3v) is 3.79. The maximum Gasteiger partial charge on any atom is 0.0767 e. The number of aryl methyl sites for hydroxylation is 1. The Hall–Kier alpha value is -1.61. The van der Waals surface area contributed by atoms with Gasteiger partial charge in [0.25, 0.3) is 0 Å². The van der Waals surface area contributed by atoms with E-state index in [0.29, 0.717) is 0 Å². The monoisotopic (exact) mass is 255 g/mol. The van der Waals surface area contributed by atoms with Crippen molar-refractivity contribution >= 4 is 0 Å². The minimum atomic E-state index is 0.868. The van der Waals surface area contributed by atoms with E-state index in [1.54, 1.807) is 0 Å². The molecule has 0 aliphatic carbocycles. The summed E-state index contributed by atoms with van der Waals surface area (Å²) in [5, 5.41) is 4.74. The van der Waals surface area contributed by atoms with Crippen LogP contribution in [0.3, 0.4) is 0 Å². The largest absolute Gasteiger partial charge is 0.297 e. The van der Waals surface area contributed by atoms with E-state index in [0.717, 1.165) is 13.1 Å². The normalized spacial score (nSPS) is 16.1. The Kier molecular flexibility index (Phi) is 3.65. The molecular formula is C16H21N3. The number of benzene rings is 1. The van der Waals surface area contributed by atoms with Gasteiger partial charge >= 0.3 is 0 Å². The zero-order valence-electron chi connectivity index (χ0n) is 11.5. The molecule has 19 heavy (non-hydrogen) atoms. The smallest absolute Gasteiger partial charge is 0.0767 e. The summed E-state index contributed by atoms with van der Waals surface area (Å²) >= 11 is 0. The molecule has 2 aromatic rings. The van der Waals surface area contributed by atoms with Gasteiger partial charge in [0.2, 0.25) is 0 Å². The highest BCUT2D eigenvalue weighted by atomic mass is 15.3. The molecule has 3 nitrogen and oxygen atoms in total. The van der Waals surface area contributed by atoms with Crippen LogP contribution < -0.4 is 0 Å². The second-order valence-corrected chi connectivity index (χ2v) is 5.40. The van der Waals surface area contributed by atoms with Gasteiger partial charge in [-0.2, -0.15) is 5.10 Å². The molecule has 1 aliphatic rings. The highest BCUT2D eigenvalue weighted by molar-refractivity contribution is 5.17. The van der Waals surface area contributed by atoms with Crippen LogP contribution in [0.4, 0.5) is 0 Å². The number of likely N-dealkylation sites (tertiary alicyclic amines) is 1. The average molecular weight is 255 g/mol. The summed E-state index contributed by atoms with van der Waals surface area (Å²) < 4.78 is 2.11. The zero-order valence-corrected chi connectivity index (χ0v) is 11.5. The van der Waals surface area contributed by atoms with E-state index in [-0.39, 0.29) is 0 Å². The molecule has 0 amide bonds. The van der Waals surface area contributed by atoms with Crippen molar-refractivity contribution < 1.29 is 0 Å². The van der Waals surface area contributed by atoms with Crippen LogP contribution in [-0.4, -0.2) is 27.8 Å². The summed E-state index contributed by atoms with van der Waals surface area (Å²) in [5.41, 5.74) is 3.76. The molecule has 0 bridgehead atoms. The summed E-state index contributed by atoms with van der Waals surface area (Å²) in [5.74, 6) is 0. The van der Waals surface area contributed by atoms with Crippen molar-refractivity contribution in [1.29, 1.82) is 0 Å². The Balaban J connectivity index is 1.70. The van der Waals surface area contributed by atoms with Gasteiger partial charge in [-0.3, -0.25) is 9.58 Å². The van der Waals surface area contributed by atoms with Crippen molar-refractivity contribution in [1.82, 2.24) is 14.7 Å². The lowest BCUT2D eigenvalue weighted by Crippen LogP contribution is -2.18. The van der Waals surface area contributed by atoms with Crippen LogP contribution >= 0.6 is 0 Å². The maximum atomic E-state index is 4.74. The van der Waals surface area contributed by atoms with Crippen LogP contribution in [-0.2, 0) is 13.1 Å². The molecule has 0 saturated carbocycles. The van der Waals surface area contributed by atoms with E-state index in [1.807, 2.05) is 0 Å². The molecule has 3 heteroatoms. The van der Waals surface area contributed by atoms with Gasteiger partial charge < -0.3 is 0 Å². The minimum absolute atomic E-state index is 0.868. The lowest BCUT2D eigenvalue weighted by molar-refractivity contribution is 0.325. The summed E-state index contributed by atoms with van der Waals surface area (Å²) in [6, 6.07) is 12.8. The number of nitrogens with zero attached hydrogens (tertiary/aromatic N) is 3. The van der Waals surface area contributed by atoms with Gasteiger partial charge in [-0.05, 0) is 44.5 Å². The molecule has 0 atom stereocenters. The van der Waals surface area contributed by atoms with Crippen LogP contribution in [0.25, 0.3) is 0 Å². The molecule has 1 saturated heterocycles. The predicted octanol–water partition coefficient (Wildman–Crippen LogP) is 2.84. The van der Waals surface area contributed by atoms with Crippen molar-refractivity contribution in [3.8, 4) is 0 Å². The molecule has 100 valence electrons. The van der Waals surface area contributed by atoms with Gasteiger partial charge in [0, 0.05) is 12.2 Å². The van der Waals surface area contributed by atoms with Crippen LogP contribution in [0.5, 0.6) is 0 Å². The zero-order chi connectivity index (χ0) is 13.1. The molecular weight excluding hydrogens is 234 g/mol. The first-order chi connectivity index (χ1) is 9.31. The van der Waals surface area contributed by atoms with Gasteiger partial charge in [-0.25, -0.2) is 0 Å². The second kappa shape index (κ2) is 5.57. The van der Waals surface area contributed by atoms with Crippen molar-refractivity contribution in [2.45, 2.75) is 32.9 Å². The molecule has 1 fully saturated rings. The third-order valence-electron chi connectivity index (χ3n) is 3.79. The molecule has 0 unspecified atom stereocenters. The third kappa shape index (κ3) is 3.04. The minimum Gasteiger partial charge on any atom is -0.297 e. The fourth-order valence-electron chi connectivity index (χ4n) is 2.74. The first kappa shape index (κ1) is 12.4. The molecule has 1 aromatic carbocycles. The average Bonchev–Trinajstić information content (AvgIpc) is 3.02. The number of hydrogen-bond acceptors (Lipinski definition) is 2. The summed E-state index contributed by atoms with van der Waals surface area (Å²) in [6.07, 6.45) is 2.67. The summed E-state index contributed by atoms with van der Waals surface area (Å²) in [6.45, 7) is 6.47. The second-order valence-electron chi connectivity index (χ2n) is 5.40. The molecule has 1 aliphatic heterocycles. The van der Waals surface area contributed by atoms with Crippen molar-refractivity contribution in [2.24, 2.45) is 0 Å². The summed E-state index contributed by atoms with van der Waals surface area (Å²) in [4.78, 5) is 2.49. The fraction of sp³-hybridized carbons (Fsp3) is 0.438. The van der Waals surface area contributed by atoms with Gasteiger partial charge in [0.15, 0.2) is 0 Å². The predicted molar refractivity (Wildman–Crippen MR) is 77.0 cm³/mol. The SMILES string of the molecule is Cc1cc(CN2CCCC2)nn1Cc1ccccc1. The van der Waals surface area contributed by atoms with E-state index in [2.05, 4.69) is 52.9 Å². The Labute approximate surface area is 114 Å². The van der Waals surface area contributed by atoms with E-state index in [9.17, 15) is 0 Å². The van der Waals surface area contributed by atoms with Crippen LogP contribution in [0.1, 0.15) is 29.8 Å². The van der Waals surface area contributed by atoms with Crippen molar-refractivity contribution in [3.63, 3.8) is 0 Å². The molecule has 0 radical (unpaired) electrons. The van der Waals surface area contributed by atoms with Gasteiger partial charge in [-0.1, -0.05) is 30.3 Å². The van der Waals surface area contributed by atoms with E-state index in [1.165, 1.54) is 42.9 Å². The van der Waals surface area contributed by atoms with Crippen LogP contribution in [0, 0.1) is 6.92 Å². The quantitative estimate of drug-likeness (QED) is 0.837. The van der Waals surface area contributed by atoms with Crippen molar-refractivity contribution in [2.75, 3.05) is 13.1 Å². The van der Waals surface area contributed by atoms with E-state index in [4.69, 9.17) is 5.10 Å². The Morgan fingerprint density at radius 2 is 1.79 bits per heavy atom. The highest BCUT2D eigenvalue weighted by Gasteiger charge is 2.14. The first-order valence-electron chi connectivity index (χ1n) is 7.11. The molecule has 0 spiro atoms. The Morgan fingerprint density at radius 1 is 1.05 bits per heavy atom. The molecule has 3 rings (SSSR count). The van der Waals surface area contributed by atoms with Gasteiger partial charge in [0.1, 0.15) is 0 Å². The topological polar surface area (TPSA) is 21.1 Å². The standard InChI is InChI=1S/C16H21N3/c1-14-11-16(13-18-9-5-6-10-18)17-19(14)12-15-7-3-2-4-8-15/h2-4,7-8,11H,5-6,9-10,12-13H2,1H3. The maximum absolute atomic E-state index is 4.74. The summed E-state index contributed by atoms with van der Waals surface area (Å²) in [7, 11) is 0. The van der Waals surface area contributed by atoms with E-state index < -0.39 is 0 Å². The Morgan fingerprint density at radius 3 is 2.53 bits per heavy atom. The number of rotatable bonds is 4. The van der Waals surface area contributed by atoms with E-state index >= 15 is 0 Å². The highest BCUT2D eigenvalue weighted by Crippen LogP contribution is 2.13.